The predicted molar refractivity (Wildman–Crippen MR) is 173 cm³/mol. The first-order valence-corrected chi connectivity index (χ1v) is 16.0. The lowest BCUT2D eigenvalue weighted by atomic mass is 10.0. The number of aromatic nitrogens is 1. The first-order valence-electron chi connectivity index (χ1n) is 14.0. The maximum absolute atomic E-state index is 10.1. The van der Waals surface area contributed by atoms with E-state index in [1.807, 2.05) is 12.1 Å². The fraction of sp³-hybridized carbons (Fsp3) is 0. The zero-order valence-corrected chi connectivity index (χ0v) is 23.6. The van der Waals surface area contributed by atoms with Crippen molar-refractivity contribution in [1.82, 2.24) is 4.57 Å². The van der Waals surface area contributed by atoms with Crippen molar-refractivity contribution in [2.24, 2.45) is 0 Å². The van der Waals surface area contributed by atoms with Gasteiger partial charge in [0, 0.05) is 10.8 Å². The van der Waals surface area contributed by atoms with E-state index in [0.717, 1.165) is 27.5 Å². The van der Waals surface area contributed by atoms with E-state index in [4.69, 9.17) is 0 Å². The van der Waals surface area contributed by atoms with Crippen LogP contribution in [-0.4, -0.2) is 12.6 Å². The predicted octanol–water partition coefficient (Wildman–Crippen LogP) is 5.88. The van der Waals surface area contributed by atoms with Crippen molar-refractivity contribution in [3.05, 3.63) is 151 Å². The molecule has 1 aromatic heterocycles. The Labute approximate surface area is 244 Å². The van der Waals surface area contributed by atoms with Gasteiger partial charge in [-0.25, -0.2) is 0 Å². The summed E-state index contributed by atoms with van der Waals surface area (Å²) in [4.78, 5) is 0. The fourth-order valence-corrected chi connectivity index (χ4v) is 12.2. The third-order valence-corrected chi connectivity index (χ3v) is 13.6. The van der Waals surface area contributed by atoms with Crippen molar-refractivity contribution in [1.29, 1.82) is 10.5 Å². The van der Waals surface area contributed by atoms with Crippen LogP contribution in [-0.2, 0) is 0 Å². The Balaban J connectivity index is 1.55. The fourth-order valence-electron chi connectivity index (χ4n) is 7.05. The van der Waals surface area contributed by atoms with Crippen LogP contribution in [0.25, 0.3) is 38.6 Å². The topological polar surface area (TPSA) is 52.5 Å². The van der Waals surface area contributed by atoms with Crippen LogP contribution in [0, 0.1) is 22.7 Å². The molecule has 0 amide bonds. The molecule has 1 aliphatic heterocycles. The Kier molecular flexibility index (Phi) is 5.28. The average Bonchev–Trinajstić information content (AvgIpc) is 3.54. The lowest BCUT2D eigenvalue weighted by molar-refractivity contribution is 1.17. The number of hydrogen-bond donors (Lipinski definition) is 0. The second-order valence-electron chi connectivity index (χ2n) is 10.8. The highest BCUT2D eigenvalue weighted by Crippen LogP contribution is 2.38. The van der Waals surface area contributed by atoms with E-state index in [0.29, 0.717) is 11.1 Å². The highest BCUT2D eigenvalue weighted by Gasteiger charge is 2.48. The van der Waals surface area contributed by atoms with Gasteiger partial charge in [0.25, 0.3) is 0 Å². The van der Waals surface area contributed by atoms with Crippen molar-refractivity contribution in [2.45, 2.75) is 0 Å². The van der Waals surface area contributed by atoms with Gasteiger partial charge >= 0.3 is 0 Å². The van der Waals surface area contributed by atoms with E-state index >= 15 is 0 Å². The second kappa shape index (κ2) is 9.18. The summed E-state index contributed by atoms with van der Waals surface area (Å²) in [6.07, 6.45) is 0. The van der Waals surface area contributed by atoms with Gasteiger partial charge in [-0.15, -0.1) is 0 Å². The summed E-state index contributed by atoms with van der Waals surface area (Å²) in [6.45, 7) is 0. The smallest absolute Gasteiger partial charge is 0.180 e. The second-order valence-corrected chi connectivity index (χ2v) is 14.5. The minimum absolute atomic E-state index is 0.479. The van der Waals surface area contributed by atoms with E-state index in [2.05, 4.69) is 132 Å². The summed E-state index contributed by atoms with van der Waals surface area (Å²) in [6, 6.07) is 54.0. The number of hydrogen-bond acceptors (Lipinski definition) is 2. The van der Waals surface area contributed by atoms with Crippen LogP contribution in [0.15, 0.2) is 140 Å². The van der Waals surface area contributed by atoms with Crippen molar-refractivity contribution < 1.29 is 0 Å². The Morgan fingerprint density at radius 2 is 1.17 bits per heavy atom. The van der Waals surface area contributed by atoms with Crippen molar-refractivity contribution in [3.8, 4) is 29.0 Å². The standard InChI is InChI=1S/C38H23N3Si/c39-24-26-19-20-34(27(21-26)25-40)41-35-17-9-7-15-30(35)32-23-38-33(22-36(32)41)31-16-8-10-18-37(31)42(38,28-11-3-1-4-12-28)29-13-5-2-6-14-29/h1-23H. The molecular formula is C38H23N3Si. The molecular weight excluding hydrogens is 527 g/mol. The lowest BCUT2D eigenvalue weighted by Gasteiger charge is -2.31. The molecule has 0 bridgehead atoms. The van der Waals surface area contributed by atoms with Crippen LogP contribution in [0.2, 0.25) is 0 Å². The van der Waals surface area contributed by atoms with Gasteiger partial charge in [0.1, 0.15) is 6.07 Å². The van der Waals surface area contributed by atoms with E-state index in [-0.39, 0.29) is 0 Å². The number of para-hydroxylation sites is 1. The molecule has 0 N–H and O–H groups in total. The van der Waals surface area contributed by atoms with E-state index in [9.17, 15) is 10.5 Å². The summed E-state index contributed by atoms with van der Waals surface area (Å²) in [5.41, 5.74) is 6.35. The largest absolute Gasteiger partial charge is 0.308 e. The molecule has 42 heavy (non-hydrogen) atoms. The minimum atomic E-state index is -2.63. The van der Waals surface area contributed by atoms with Crippen LogP contribution in [0.3, 0.4) is 0 Å². The number of nitriles is 2. The quantitative estimate of drug-likeness (QED) is 0.258. The summed E-state index contributed by atoms with van der Waals surface area (Å²) in [7, 11) is -2.63. The van der Waals surface area contributed by atoms with Crippen LogP contribution < -0.4 is 20.7 Å². The van der Waals surface area contributed by atoms with Crippen LogP contribution in [0.5, 0.6) is 0 Å². The highest BCUT2D eigenvalue weighted by molar-refractivity contribution is 7.22. The van der Waals surface area contributed by atoms with Crippen molar-refractivity contribution in [3.63, 3.8) is 0 Å². The van der Waals surface area contributed by atoms with E-state index in [1.165, 1.54) is 31.9 Å². The van der Waals surface area contributed by atoms with Crippen molar-refractivity contribution in [2.75, 3.05) is 0 Å². The molecule has 0 radical (unpaired) electrons. The lowest BCUT2D eigenvalue weighted by Crippen LogP contribution is -2.72. The third kappa shape index (κ3) is 3.19. The molecule has 4 heteroatoms. The van der Waals surface area contributed by atoms with Gasteiger partial charge in [0.15, 0.2) is 8.07 Å². The molecule has 2 heterocycles. The average molecular weight is 550 g/mol. The first kappa shape index (κ1) is 24.1. The summed E-state index contributed by atoms with van der Waals surface area (Å²) in [5.74, 6) is 0. The van der Waals surface area contributed by atoms with Crippen LogP contribution >= 0.6 is 0 Å². The van der Waals surface area contributed by atoms with Gasteiger partial charge < -0.3 is 4.57 Å². The Morgan fingerprint density at radius 3 is 1.88 bits per heavy atom. The molecule has 1 aliphatic rings. The minimum Gasteiger partial charge on any atom is -0.308 e. The zero-order chi connectivity index (χ0) is 28.3. The zero-order valence-electron chi connectivity index (χ0n) is 22.6. The highest BCUT2D eigenvalue weighted by atomic mass is 28.3. The molecule has 0 fully saturated rings. The molecule has 0 spiro atoms. The van der Waals surface area contributed by atoms with Gasteiger partial charge in [-0.3, -0.25) is 0 Å². The number of nitrogens with zero attached hydrogens (tertiary/aromatic N) is 3. The monoisotopic (exact) mass is 549 g/mol. The molecule has 0 unspecified atom stereocenters. The van der Waals surface area contributed by atoms with Gasteiger partial charge in [-0.2, -0.15) is 10.5 Å². The molecule has 0 saturated carbocycles. The van der Waals surface area contributed by atoms with Crippen LogP contribution in [0.1, 0.15) is 11.1 Å². The van der Waals surface area contributed by atoms with E-state index < -0.39 is 8.07 Å². The first-order chi connectivity index (χ1) is 20.8. The SMILES string of the molecule is N#Cc1ccc(-n2c3ccccc3c3cc4c(cc32)-c2ccccc2[Si]4(c2ccccc2)c2ccccc2)c(C#N)c1. The Morgan fingerprint density at radius 1 is 0.500 bits per heavy atom. The Hall–Kier alpha value is -5.68. The van der Waals surface area contributed by atoms with Gasteiger partial charge in [-0.05, 0) is 62.2 Å². The number of rotatable bonds is 3. The van der Waals surface area contributed by atoms with Crippen LogP contribution in [0.4, 0.5) is 0 Å². The van der Waals surface area contributed by atoms with Crippen molar-refractivity contribution >= 4 is 50.6 Å². The number of fused-ring (bicyclic) bond motifs is 6. The molecule has 194 valence electrons. The van der Waals surface area contributed by atoms with Gasteiger partial charge in [0.2, 0.25) is 0 Å². The Bertz CT molecular complexity index is 2230. The van der Waals surface area contributed by atoms with E-state index in [1.54, 1.807) is 12.1 Å². The molecule has 0 aliphatic carbocycles. The van der Waals surface area contributed by atoms with Gasteiger partial charge in [-0.1, -0.05) is 109 Å². The third-order valence-electron chi connectivity index (χ3n) is 8.74. The maximum Gasteiger partial charge on any atom is 0.180 e. The molecule has 0 atom stereocenters. The normalized spacial score (nSPS) is 12.9. The summed E-state index contributed by atoms with van der Waals surface area (Å²) >= 11 is 0. The molecule has 7 aromatic rings. The molecule has 3 nitrogen and oxygen atoms in total. The number of benzene rings is 6. The molecule has 6 aromatic carbocycles. The summed E-state index contributed by atoms with van der Waals surface area (Å²) < 4.78 is 2.19. The van der Waals surface area contributed by atoms with Gasteiger partial charge in [0.05, 0.1) is 33.9 Å². The maximum atomic E-state index is 10.1. The summed E-state index contributed by atoms with van der Waals surface area (Å²) in [5, 5.41) is 27.4. The molecule has 8 rings (SSSR count). The molecule has 0 saturated heterocycles.